The molecular formula is C19H25N3O2S. The highest BCUT2D eigenvalue weighted by Crippen LogP contribution is 2.23. The maximum atomic E-state index is 12.6. The molecule has 2 aromatic rings. The van der Waals surface area contributed by atoms with Crippen LogP contribution in [0.2, 0.25) is 0 Å². The summed E-state index contributed by atoms with van der Waals surface area (Å²) in [6, 6.07) is 9.47. The predicted octanol–water partition coefficient (Wildman–Crippen LogP) is 4.24. The predicted molar refractivity (Wildman–Crippen MR) is 101 cm³/mol. The molecule has 1 fully saturated rings. The Bertz CT molecular complexity index is 826. The summed E-state index contributed by atoms with van der Waals surface area (Å²) < 4.78 is 27.8. The van der Waals surface area contributed by atoms with Crippen LogP contribution >= 0.6 is 0 Å². The van der Waals surface area contributed by atoms with Gasteiger partial charge in [0.1, 0.15) is 5.82 Å². The van der Waals surface area contributed by atoms with Gasteiger partial charge in [0.05, 0.1) is 16.8 Å². The number of nitrogens with zero attached hydrogens (tertiary/aromatic N) is 1. The molecule has 2 N–H and O–H groups in total. The van der Waals surface area contributed by atoms with Gasteiger partial charge in [0.15, 0.2) is 0 Å². The minimum atomic E-state index is -3.64. The molecule has 134 valence electrons. The fraction of sp³-hybridized carbons (Fsp3) is 0.421. The van der Waals surface area contributed by atoms with Gasteiger partial charge in [-0.15, -0.1) is 0 Å². The summed E-state index contributed by atoms with van der Waals surface area (Å²) in [5.41, 5.74) is 2.56. The van der Waals surface area contributed by atoms with Crippen molar-refractivity contribution in [2.24, 2.45) is 0 Å². The zero-order chi connectivity index (χ0) is 17.9. The van der Waals surface area contributed by atoms with Crippen molar-refractivity contribution in [1.82, 2.24) is 4.98 Å². The first-order valence-corrected chi connectivity index (χ1v) is 10.2. The van der Waals surface area contributed by atoms with Crippen LogP contribution in [0.4, 0.5) is 11.5 Å². The smallest absolute Gasteiger partial charge is 0.263 e. The number of benzene rings is 1. The van der Waals surface area contributed by atoms with Crippen molar-refractivity contribution in [3.8, 4) is 0 Å². The highest BCUT2D eigenvalue weighted by atomic mass is 32.2. The van der Waals surface area contributed by atoms with Gasteiger partial charge in [-0.1, -0.05) is 31.4 Å². The van der Waals surface area contributed by atoms with Crippen molar-refractivity contribution >= 4 is 21.5 Å². The summed E-state index contributed by atoms with van der Waals surface area (Å²) in [6.45, 7) is 3.67. The molecule has 0 radical (unpaired) electrons. The molecule has 0 bridgehead atoms. The van der Waals surface area contributed by atoms with Crippen molar-refractivity contribution in [3.63, 3.8) is 0 Å². The van der Waals surface area contributed by atoms with Gasteiger partial charge in [0.25, 0.3) is 10.0 Å². The fourth-order valence-corrected chi connectivity index (χ4v) is 4.55. The van der Waals surface area contributed by atoms with E-state index >= 15 is 0 Å². The van der Waals surface area contributed by atoms with E-state index in [-0.39, 0.29) is 0 Å². The Morgan fingerprint density at radius 3 is 2.48 bits per heavy atom. The average molecular weight is 359 g/mol. The van der Waals surface area contributed by atoms with Crippen molar-refractivity contribution in [2.45, 2.75) is 56.9 Å². The molecule has 1 aliphatic rings. The van der Waals surface area contributed by atoms with Crippen LogP contribution in [0.5, 0.6) is 0 Å². The van der Waals surface area contributed by atoms with Gasteiger partial charge in [-0.3, -0.25) is 4.72 Å². The molecule has 1 heterocycles. The fourth-order valence-electron chi connectivity index (χ4n) is 3.21. The van der Waals surface area contributed by atoms with E-state index in [2.05, 4.69) is 15.0 Å². The van der Waals surface area contributed by atoms with Crippen molar-refractivity contribution in [1.29, 1.82) is 0 Å². The number of anilines is 2. The minimum Gasteiger partial charge on any atom is -0.381 e. The SMILES string of the molecule is Cc1ccc(C)c(S(=O)(=O)Nc2ccc(NC3CCCCC3)cn2)c1. The minimum absolute atomic E-state index is 0.290. The molecule has 5 nitrogen and oxygen atoms in total. The van der Waals surface area contributed by atoms with Gasteiger partial charge in [-0.2, -0.15) is 0 Å². The second-order valence-electron chi connectivity index (χ2n) is 6.79. The van der Waals surface area contributed by atoms with Crippen LogP contribution in [-0.2, 0) is 10.0 Å². The Kier molecular flexibility index (Phi) is 5.27. The third kappa shape index (κ3) is 4.51. The Balaban J connectivity index is 1.71. The van der Waals surface area contributed by atoms with Crippen LogP contribution in [0.3, 0.4) is 0 Å². The molecule has 6 heteroatoms. The van der Waals surface area contributed by atoms with Gasteiger partial charge in [0.2, 0.25) is 0 Å². The van der Waals surface area contributed by atoms with Crippen LogP contribution in [-0.4, -0.2) is 19.4 Å². The summed E-state index contributed by atoms with van der Waals surface area (Å²) in [5.74, 6) is 0.329. The summed E-state index contributed by atoms with van der Waals surface area (Å²) >= 11 is 0. The third-order valence-electron chi connectivity index (χ3n) is 4.61. The van der Waals surface area contributed by atoms with Crippen LogP contribution in [0.15, 0.2) is 41.4 Å². The molecule has 1 aromatic heterocycles. The first-order chi connectivity index (χ1) is 11.9. The number of aryl methyl sites for hydroxylation is 2. The molecule has 1 saturated carbocycles. The Morgan fingerprint density at radius 2 is 1.80 bits per heavy atom. The topological polar surface area (TPSA) is 71.1 Å². The number of pyridine rings is 1. The van der Waals surface area contributed by atoms with Gasteiger partial charge >= 0.3 is 0 Å². The maximum absolute atomic E-state index is 12.6. The quantitative estimate of drug-likeness (QED) is 0.837. The molecule has 0 spiro atoms. The number of hydrogen-bond donors (Lipinski definition) is 2. The summed E-state index contributed by atoms with van der Waals surface area (Å²) in [7, 11) is -3.64. The molecular weight excluding hydrogens is 334 g/mol. The first kappa shape index (κ1) is 17.7. The highest BCUT2D eigenvalue weighted by Gasteiger charge is 2.18. The van der Waals surface area contributed by atoms with Crippen molar-refractivity contribution < 1.29 is 8.42 Å². The van der Waals surface area contributed by atoms with E-state index in [1.165, 1.54) is 32.1 Å². The Labute approximate surface area is 149 Å². The molecule has 0 amide bonds. The largest absolute Gasteiger partial charge is 0.381 e. The van der Waals surface area contributed by atoms with Gasteiger partial charge < -0.3 is 5.32 Å². The zero-order valence-corrected chi connectivity index (χ0v) is 15.6. The Morgan fingerprint density at radius 1 is 1.04 bits per heavy atom. The molecule has 0 unspecified atom stereocenters. The number of hydrogen-bond acceptors (Lipinski definition) is 4. The number of rotatable bonds is 5. The van der Waals surface area contributed by atoms with Crippen LogP contribution < -0.4 is 10.0 Å². The van der Waals surface area contributed by atoms with Crippen LogP contribution in [0.1, 0.15) is 43.2 Å². The molecule has 0 atom stereocenters. The molecule has 0 saturated heterocycles. The van der Waals surface area contributed by atoms with Gasteiger partial charge in [-0.25, -0.2) is 13.4 Å². The van der Waals surface area contributed by atoms with Gasteiger partial charge in [0, 0.05) is 6.04 Å². The molecule has 0 aliphatic heterocycles. The average Bonchev–Trinajstić information content (AvgIpc) is 2.59. The lowest BCUT2D eigenvalue weighted by atomic mass is 9.95. The highest BCUT2D eigenvalue weighted by molar-refractivity contribution is 7.92. The van der Waals surface area contributed by atoms with E-state index in [0.29, 0.717) is 22.3 Å². The lowest BCUT2D eigenvalue weighted by molar-refractivity contribution is 0.462. The van der Waals surface area contributed by atoms with Crippen molar-refractivity contribution in [2.75, 3.05) is 10.0 Å². The van der Waals surface area contributed by atoms with Gasteiger partial charge in [-0.05, 0) is 56.0 Å². The summed E-state index contributed by atoms with van der Waals surface area (Å²) in [5, 5.41) is 3.48. The second-order valence-corrected chi connectivity index (χ2v) is 8.44. The van der Waals surface area contributed by atoms with E-state index in [1.807, 2.05) is 25.1 Å². The third-order valence-corrected chi connectivity index (χ3v) is 6.11. The summed E-state index contributed by atoms with van der Waals surface area (Å²) in [4.78, 5) is 4.54. The summed E-state index contributed by atoms with van der Waals surface area (Å²) in [6.07, 6.45) is 7.89. The first-order valence-electron chi connectivity index (χ1n) is 8.77. The van der Waals surface area contributed by atoms with Crippen LogP contribution in [0, 0.1) is 13.8 Å². The second kappa shape index (κ2) is 7.44. The van der Waals surface area contributed by atoms with E-state index in [4.69, 9.17) is 0 Å². The Hall–Kier alpha value is -2.08. The number of sulfonamides is 1. The van der Waals surface area contributed by atoms with Crippen molar-refractivity contribution in [3.05, 3.63) is 47.7 Å². The van der Waals surface area contributed by atoms with E-state index in [1.54, 1.807) is 25.3 Å². The lowest BCUT2D eigenvalue weighted by Crippen LogP contribution is -2.22. The molecule has 1 aromatic carbocycles. The number of aromatic nitrogens is 1. The normalized spacial score (nSPS) is 15.8. The molecule has 3 rings (SSSR count). The zero-order valence-electron chi connectivity index (χ0n) is 14.7. The van der Waals surface area contributed by atoms with Crippen LogP contribution in [0.25, 0.3) is 0 Å². The monoisotopic (exact) mass is 359 g/mol. The standard InChI is InChI=1S/C19H25N3O2S/c1-14-8-9-15(2)18(12-14)25(23,24)22-19-11-10-17(13-20-19)21-16-6-4-3-5-7-16/h8-13,16,21H,3-7H2,1-2H3,(H,20,22). The maximum Gasteiger partial charge on any atom is 0.263 e. The lowest BCUT2D eigenvalue weighted by Gasteiger charge is -2.23. The van der Waals surface area contributed by atoms with E-state index < -0.39 is 10.0 Å². The molecule has 25 heavy (non-hydrogen) atoms. The van der Waals surface area contributed by atoms with E-state index in [9.17, 15) is 8.42 Å². The number of nitrogens with one attached hydrogen (secondary N) is 2. The van der Waals surface area contributed by atoms with E-state index in [0.717, 1.165) is 11.3 Å². The molecule has 1 aliphatic carbocycles.